The summed E-state index contributed by atoms with van der Waals surface area (Å²) in [6.45, 7) is 2.08. The molecule has 26 heavy (non-hydrogen) atoms. The predicted molar refractivity (Wildman–Crippen MR) is 101 cm³/mol. The molecule has 1 saturated heterocycles. The summed E-state index contributed by atoms with van der Waals surface area (Å²) < 4.78 is 1.91. The number of rotatable bonds is 3. The van der Waals surface area contributed by atoms with Gasteiger partial charge in [0.25, 0.3) is 11.5 Å². The molecule has 1 aromatic carbocycles. The van der Waals surface area contributed by atoms with Crippen molar-refractivity contribution >= 4 is 22.6 Å². The van der Waals surface area contributed by atoms with Gasteiger partial charge in [-0.15, -0.1) is 0 Å². The van der Waals surface area contributed by atoms with E-state index in [1.807, 2.05) is 35.1 Å². The van der Waals surface area contributed by atoms with Crippen molar-refractivity contribution in [2.24, 2.45) is 0 Å². The van der Waals surface area contributed by atoms with Crippen LogP contribution in [0.25, 0.3) is 10.9 Å². The second-order valence-corrected chi connectivity index (χ2v) is 6.77. The van der Waals surface area contributed by atoms with Gasteiger partial charge in [0.15, 0.2) is 5.82 Å². The zero-order valence-electron chi connectivity index (χ0n) is 14.6. The molecule has 1 fully saturated rings. The van der Waals surface area contributed by atoms with Crippen LogP contribution in [0.5, 0.6) is 0 Å². The van der Waals surface area contributed by atoms with Gasteiger partial charge >= 0.3 is 0 Å². The molecule has 0 spiro atoms. The van der Waals surface area contributed by atoms with Gasteiger partial charge in [0, 0.05) is 17.8 Å². The number of pyridine rings is 1. The summed E-state index contributed by atoms with van der Waals surface area (Å²) >= 11 is 0. The first kappa shape index (κ1) is 16.5. The van der Waals surface area contributed by atoms with Gasteiger partial charge in [-0.05, 0) is 50.5 Å². The summed E-state index contributed by atoms with van der Waals surface area (Å²) in [6.07, 6.45) is 3.96. The van der Waals surface area contributed by atoms with Crippen LogP contribution in [0.4, 0.5) is 5.82 Å². The molecule has 1 aliphatic rings. The number of nitrogens with zero attached hydrogens (tertiary/aromatic N) is 3. The number of nitrogens with one attached hydrogen (secondary N) is 2. The fourth-order valence-corrected chi connectivity index (χ4v) is 3.37. The predicted octanol–water partition coefficient (Wildman–Crippen LogP) is 2.24. The molecule has 0 saturated carbocycles. The van der Waals surface area contributed by atoms with Crippen molar-refractivity contribution in [2.75, 3.05) is 25.5 Å². The summed E-state index contributed by atoms with van der Waals surface area (Å²) in [5, 5.41) is 8.02. The fourth-order valence-electron chi connectivity index (χ4n) is 3.37. The smallest absolute Gasteiger partial charge is 0.262 e. The molecule has 0 bridgehead atoms. The molecule has 0 atom stereocenters. The first-order chi connectivity index (χ1) is 12.6. The second kappa shape index (κ2) is 6.76. The molecular formula is C19H21N5O2. The lowest BCUT2D eigenvalue weighted by atomic mass is 10.1. The van der Waals surface area contributed by atoms with Crippen molar-refractivity contribution in [3.8, 4) is 0 Å². The Hall–Kier alpha value is -2.93. The topological polar surface area (TPSA) is 83.0 Å². The molecular weight excluding hydrogens is 330 g/mol. The van der Waals surface area contributed by atoms with Gasteiger partial charge in [-0.25, -0.2) is 0 Å². The first-order valence-electron chi connectivity index (χ1n) is 8.77. The minimum Gasteiger partial charge on any atom is -0.321 e. The van der Waals surface area contributed by atoms with Crippen LogP contribution in [-0.4, -0.2) is 45.7 Å². The minimum absolute atomic E-state index is 0.0811. The van der Waals surface area contributed by atoms with E-state index in [9.17, 15) is 9.59 Å². The highest BCUT2D eigenvalue weighted by Gasteiger charge is 2.19. The van der Waals surface area contributed by atoms with E-state index in [1.165, 1.54) is 0 Å². The zero-order valence-corrected chi connectivity index (χ0v) is 14.6. The number of hydrogen-bond acceptors (Lipinski definition) is 4. The van der Waals surface area contributed by atoms with Crippen molar-refractivity contribution in [1.29, 1.82) is 0 Å². The number of H-pyrrole nitrogens is 1. The highest BCUT2D eigenvalue weighted by atomic mass is 16.2. The third-order valence-corrected chi connectivity index (χ3v) is 4.91. The number of carbonyl (C=O) groups is 1. The van der Waals surface area contributed by atoms with E-state index in [1.54, 1.807) is 12.1 Å². The normalized spacial score (nSPS) is 16.0. The maximum Gasteiger partial charge on any atom is 0.262 e. The van der Waals surface area contributed by atoms with Crippen LogP contribution in [0, 0.1) is 0 Å². The van der Waals surface area contributed by atoms with E-state index in [2.05, 4.69) is 27.3 Å². The van der Waals surface area contributed by atoms with E-state index in [0.717, 1.165) is 31.3 Å². The molecule has 4 rings (SSSR count). The van der Waals surface area contributed by atoms with Gasteiger partial charge in [0.2, 0.25) is 0 Å². The number of anilines is 1. The maximum absolute atomic E-state index is 12.5. The molecule has 0 radical (unpaired) electrons. The fraction of sp³-hybridized carbons (Fsp3) is 0.316. The highest BCUT2D eigenvalue weighted by Crippen LogP contribution is 2.22. The van der Waals surface area contributed by atoms with Crippen molar-refractivity contribution < 1.29 is 4.79 Å². The number of aromatic amines is 1. The molecule has 7 heteroatoms. The standard InChI is InChI=1S/C19H21N5O2/c1-23-9-6-14(7-10-23)24-11-8-17(22-24)21-19(26)15-12-13-4-2-3-5-16(13)20-18(15)25/h2-5,8,11-12,14H,6-7,9-10H2,1H3,(H,20,25)(H,21,22,26). The summed E-state index contributed by atoms with van der Waals surface area (Å²) in [5.41, 5.74) is 0.383. The average Bonchev–Trinajstić information content (AvgIpc) is 3.10. The Balaban J connectivity index is 1.52. The van der Waals surface area contributed by atoms with E-state index >= 15 is 0 Å². The summed E-state index contributed by atoms with van der Waals surface area (Å²) in [5.74, 6) is 0.00659. The van der Waals surface area contributed by atoms with Crippen molar-refractivity contribution in [2.45, 2.75) is 18.9 Å². The van der Waals surface area contributed by atoms with Crippen molar-refractivity contribution in [3.05, 3.63) is 58.5 Å². The van der Waals surface area contributed by atoms with Gasteiger partial charge in [-0.2, -0.15) is 5.10 Å². The van der Waals surface area contributed by atoms with Gasteiger partial charge in [-0.3, -0.25) is 14.3 Å². The number of likely N-dealkylation sites (tertiary alicyclic amines) is 1. The summed E-state index contributed by atoms with van der Waals surface area (Å²) in [6, 6.07) is 11.1. The number of aromatic nitrogens is 3. The van der Waals surface area contributed by atoms with Gasteiger partial charge in [0.05, 0.1) is 6.04 Å². The molecule has 2 aromatic heterocycles. The van der Waals surface area contributed by atoms with E-state index in [-0.39, 0.29) is 5.56 Å². The Morgan fingerprint density at radius 3 is 2.81 bits per heavy atom. The zero-order chi connectivity index (χ0) is 18.1. The largest absolute Gasteiger partial charge is 0.321 e. The Labute approximate surface area is 150 Å². The number of piperidine rings is 1. The van der Waals surface area contributed by atoms with Crippen LogP contribution in [0.1, 0.15) is 29.2 Å². The Morgan fingerprint density at radius 2 is 2.00 bits per heavy atom. The summed E-state index contributed by atoms with van der Waals surface area (Å²) in [7, 11) is 2.12. The lowest BCUT2D eigenvalue weighted by Crippen LogP contribution is -2.31. The lowest BCUT2D eigenvalue weighted by Gasteiger charge is -2.28. The minimum atomic E-state index is -0.453. The third-order valence-electron chi connectivity index (χ3n) is 4.91. The molecule has 0 aliphatic carbocycles. The van der Waals surface area contributed by atoms with Crippen LogP contribution in [-0.2, 0) is 0 Å². The van der Waals surface area contributed by atoms with Crippen LogP contribution in [0.15, 0.2) is 47.4 Å². The monoisotopic (exact) mass is 351 g/mol. The van der Waals surface area contributed by atoms with Gasteiger partial charge in [0.1, 0.15) is 5.56 Å². The SMILES string of the molecule is CN1CCC(n2ccc(NC(=O)c3cc4ccccc4[nH]c3=O)n2)CC1. The Bertz CT molecular complexity index is 998. The maximum atomic E-state index is 12.5. The number of para-hydroxylation sites is 1. The number of fused-ring (bicyclic) bond motifs is 1. The van der Waals surface area contributed by atoms with Crippen molar-refractivity contribution in [3.63, 3.8) is 0 Å². The van der Waals surface area contributed by atoms with Crippen LogP contribution in [0.2, 0.25) is 0 Å². The molecule has 1 amide bonds. The number of carbonyl (C=O) groups excluding carboxylic acids is 1. The first-order valence-corrected chi connectivity index (χ1v) is 8.77. The van der Waals surface area contributed by atoms with E-state index < -0.39 is 11.5 Å². The van der Waals surface area contributed by atoms with Crippen LogP contribution >= 0.6 is 0 Å². The van der Waals surface area contributed by atoms with Gasteiger partial charge < -0.3 is 15.2 Å². The summed E-state index contributed by atoms with van der Waals surface area (Å²) in [4.78, 5) is 29.8. The molecule has 3 heterocycles. The Kier molecular flexibility index (Phi) is 4.30. The average molecular weight is 351 g/mol. The number of benzene rings is 1. The number of amides is 1. The quantitative estimate of drug-likeness (QED) is 0.758. The molecule has 1 aliphatic heterocycles. The van der Waals surface area contributed by atoms with Crippen LogP contribution in [0.3, 0.4) is 0 Å². The lowest BCUT2D eigenvalue weighted by molar-refractivity contribution is 0.102. The molecule has 2 N–H and O–H groups in total. The third kappa shape index (κ3) is 3.25. The molecule has 134 valence electrons. The highest BCUT2D eigenvalue weighted by molar-refractivity contribution is 6.05. The van der Waals surface area contributed by atoms with Crippen LogP contribution < -0.4 is 10.9 Å². The number of hydrogen-bond donors (Lipinski definition) is 2. The molecule has 0 unspecified atom stereocenters. The van der Waals surface area contributed by atoms with Crippen molar-refractivity contribution in [1.82, 2.24) is 19.7 Å². The Morgan fingerprint density at radius 1 is 1.23 bits per heavy atom. The second-order valence-electron chi connectivity index (χ2n) is 6.77. The van der Waals surface area contributed by atoms with E-state index in [0.29, 0.717) is 17.4 Å². The molecule has 3 aromatic rings. The molecule has 7 nitrogen and oxygen atoms in total. The van der Waals surface area contributed by atoms with Gasteiger partial charge in [-0.1, -0.05) is 18.2 Å². The van der Waals surface area contributed by atoms with E-state index in [4.69, 9.17) is 0 Å².